The molecule has 0 bridgehead atoms. The molecule has 14 heavy (non-hydrogen) atoms. The zero-order valence-electron chi connectivity index (χ0n) is 8.13. The van der Waals surface area contributed by atoms with Crippen LogP contribution in [-0.2, 0) is 4.74 Å². The fourth-order valence-corrected chi connectivity index (χ4v) is 1.74. The number of benzene rings is 1. The van der Waals surface area contributed by atoms with E-state index in [-0.39, 0.29) is 6.10 Å². The molecular formula is C11H13BrO2. The highest BCUT2D eigenvalue weighted by molar-refractivity contribution is 9.10. The highest BCUT2D eigenvalue weighted by atomic mass is 79.9. The molecule has 1 aromatic rings. The molecule has 0 N–H and O–H groups in total. The first-order valence-electron chi connectivity index (χ1n) is 4.76. The number of ether oxygens (including phenoxy) is 2. The van der Waals surface area contributed by atoms with Crippen molar-refractivity contribution in [3.05, 3.63) is 28.2 Å². The summed E-state index contributed by atoms with van der Waals surface area (Å²) in [6.45, 7) is 3.59. The molecule has 1 atom stereocenters. The Labute approximate surface area is 92.3 Å². The van der Waals surface area contributed by atoms with Gasteiger partial charge in [0.1, 0.15) is 11.9 Å². The van der Waals surface area contributed by atoms with E-state index in [1.807, 2.05) is 18.2 Å². The molecule has 1 saturated heterocycles. The van der Waals surface area contributed by atoms with Crippen LogP contribution in [0.25, 0.3) is 0 Å². The van der Waals surface area contributed by atoms with E-state index in [4.69, 9.17) is 9.47 Å². The molecule has 2 nitrogen and oxygen atoms in total. The summed E-state index contributed by atoms with van der Waals surface area (Å²) in [6, 6.07) is 6.04. The van der Waals surface area contributed by atoms with Gasteiger partial charge in [0.15, 0.2) is 0 Å². The summed E-state index contributed by atoms with van der Waals surface area (Å²) in [7, 11) is 0. The van der Waals surface area contributed by atoms with Crippen molar-refractivity contribution in [2.24, 2.45) is 0 Å². The van der Waals surface area contributed by atoms with Crippen molar-refractivity contribution in [3.63, 3.8) is 0 Å². The summed E-state index contributed by atoms with van der Waals surface area (Å²) in [5.41, 5.74) is 1.20. The predicted octanol–water partition coefficient (Wildman–Crippen LogP) is 2.93. The second kappa shape index (κ2) is 4.32. The largest absolute Gasteiger partial charge is 0.488 e. The fraction of sp³-hybridized carbons (Fsp3) is 0.455. The van der Waals surface area contributed by atoms with Crippen molar-refractivity contribution in [1.82, 2.24) is 0 Å². The highest BCUT2D eigenvalue weighted by Crippen LogP contribution is 2.23. The fourth-order valence-electron chi connectivity index (χ4n) is 1.49. The predicted molar refractivity (Wildman–Crippen MR) is 58.7 cm³/mol. The Morgan fingerprint density at radius 1 is 1.50 bits per heavy atom. The maximum absolute atomic E-state index is 5.77. The molecule has 3 heteroatoms. The number of hydrogen-bond donors (Lipinski definition) is 0. The maximum atomic E-state index is 5.77. The summed E-state index contributed by atoms with van der Waals surface area (Å²) in [6.07, 6.45) is 1.23. The number of halogens is 1. The van der Waals surface area contributed by atoms with Gasteiger partial charge < -0.3 is 9.47 Å². The SMILES string of the molecule is Cc1cc(O[C@@H]2CCOC2)ccc1Br. The average molecular weight is 257 g/mol. The van der Waals surface area contributed by atoms with Gasteiger partial charge in [0.25, 0.3) is 0 Å². The molecule has 0 radical (unpaired) electrons. The zero-order valence-corrected chi connectivity index (χ0v) is 9.71. The lowest BCUT2D eigenvalue weighted by atomic mass is 10.2. The minimum Gasteiger partial charge on any atom is -0.488 e. The van der Waals surface area contributed by atoms with Gasteiger partial charge in [-0.05, 0) is 30.7 Å². The quantitative estimate of drug-likeness (QED) is 0.811. The van der Waals surface area contributed by atoms with Crippen LogP contribution in [0, 0.1) is 6.92 Å². The smallest absolute Gasteiger partial charge is 0.124 e. The molecule has 1 aliphatic rings. The van der Waals surface area contributed by atoms with Gasteiger partial charge in [0.2, 0.25) is 0 Å². The highest BCUT2D eigenvalue weighted by Gasteiger charge is 2.17. The lowest BCUT2D eigenvalue weighted by molar-refractivity contribution is 0.141. The van der Waals surface area contributed by atoms with Crippen LogP contribution in [0.5, 0.6) is 5.75 Å². The van der Waals surface area contributed by atoms with Gasteiger partial charge in [0.05, 0.1) is 13.2 Å². The molecule has 1 aromatic carbocycles. The summed E-state index contributed by atoms with van der Waals surface area (Å²) in [5.74, 6) is 0.932. The van der Waals surface area contributed by atoms with Gasteiger partial charge in [-0.1, -0.05) is 15.9 Å². The van der Waals surface area contributed by atoms with Crippen LogP contribution < -0.4 is 4.74 Å². The van der Waals surface area contributed by atoms with Crippen LogP contribution in [-0.4, -0.2) is 19.3 Å². The second-order valence-electron chi connectivity index (χ2n) is 3.51. The Bertz CT molecular complexity index is 319. The second-order valence-corrected chi connectivity index (χ2v) is 4.37. The first kappa shape index (κ1) is 9.99. The summed E-state index contributed by atoms with van der Waals surface area (Å²) < 4.78 is 12.1. The van der Waals surface area contributed by atoms with Crippen molar-refractivity contribution in [2.45, 2.75) is 19.4 Å². The summed E-state index contributed by atoms with van der Waals surface area (Å²) >= 11 is 3.46. The monoisotopic (exact) mass is 256 g/mol. The van der Waals surface area contributed by atoms with E-state index >= 15 is 0 Å². The van der Waals surface area contributed by atoms with Gasteiger partial charge >= 0.3 is 0 Å². The molecule has 1 aliphatic heterocycles. The van der Waals surface area contributed by atoms with Gasteiger partial charge in [-0.2, -0.15) is 0 Å². The van der Waals surface area contributed by atoms with Crippen molar-refractivity contribution in [3.8, 4) is 5.75 Å². The van der Waals surface area contributed by atoms with E-state index in [0.29, 0.717) is 0 Å². The van der Waals surface area contributed by atoms with Crippen LogP contribution in [0.2, 0.25) is 0 Å². The van der Waals surface area contributed by atoms with Crippen LogP contribution >= 0.6 is 15.9 Å². The Kier molecular flexibility index (Phi) is 3.08. The minimum atomic E-state index is 0.232. The Hall–Kier alpha value is -0.540. The van der Waals surface area contributed by atoms with E-state index < -0.39 is 0 Å². The van der Waals surface area contributed by atoms with Crippen LogP contribution in [0.4, 0.5) is 0 Å². The normalized spacial score (nSPS) is 21.1. The van der Waals surface area contributed by atoms with Gasteiger partial charge in [-0.3, -0.25) is 0 Å². The van der Waals surface area contributed by atoms with Crippen LogP contribution in [0.1, 0.15) is 12.0 Å². The van der Waals surface area contributed by atoms with E-state index in [9.17, 15) is 0 Å². The molecule has 0 unspecified atom stereocenters. The van der Waals surface area contributed by atoms with Crippen LogP contribution in [0.15, 0.2) is 22.7 Å². The van der Waals surface area contributed by atoms with Gasteiger partial charge in [-0.25, -0.2) is 0 Å². The molecule has 0 aliphatic carbocycles. The van der Waals surface area contributed by atoms with Gasteiger partial charge in [-0.15, -0.1) is 0 Å². The molecule has 0 aromatic heterocycles. The van der Waals surface area contributed by atoms with Crippen molar-refractivity contribution >= 4 is 15.9 Å². The van der Waals surface area contributed by atoms with Crippen LogP contribution in [0.3, 0.4) is 0 Å². The number of hydrogen-bond acceptors (Lipinski definition) is 2. The van der Waals surface area contributed by atoms with E-state index in [1.54, 1.807) is 0 Å². The molecular weight excluding hydrogens is 244 g/mol. The molecule has 0 amide bonds. The number of aryl methyl sites for hydroxylation is 1. The number of rotatable bonds is 2. The van der Waals surface area contributed by atoms with E-state index in [1.165, 1.54) is 5.56 Å². The summed E-state index contributed by atoms with van der Waals surface area (Å²) in [4.78, 5) is 0. The minimum absolute atomic E-state index is 0.232. The molecule has 1 fully saturated rings. The third-order valence-corrected chi connectivity index (χ3v) is 3.21. The van der Waals surface area contributed by atoms with Crippen molar-refractivity contribution in [2.75, 3.05) is 13.2 Å². The topological polar surface area (TPSA) is 18.5 Å². The Morgan fingerprint density at radius 2 is 2.36 bits per heavy atom. The first-order valence-corrected chi connectivity index (χ1v) is 5.55. The maximum Gasteiger partial charge on any atom is 0.124 e. The lowest BCUT2D eigenvalue weighted by Gasteiger charge is -2.12. The zero-order chi connectivity index (χ0) is 9.97. The lowest BCUT2D eigenvalue weighted by Crippen LogP contribution is -2.15. The summed E-state index contributed by atoms with van der Waals surface area (Å²) in [5, 5.41) is 0. The first-order chi connectivity index (χ1) is 6.75. The molecule has 2 rings (SSSR count). The molecule has 0 spiro atoms. The molecule has 1 heterocycles. The third kappa shape index (κ3) is 2.28. The van der Waals surface area contributed by atoms with Crippen molar-refractivity contribution < 1.29 is 9.47 Å². The Morgan fingerprint density at radius 3 is 3.00 bits per heavy atom. The van der Waals surface area contributed by atoms with E-state index in [2.05, 4.69) is 22.9 Å². The third-order valence-electron chi connectivity index (χ3n) is 2.32. The van der Waals surface area contributed by atoms with E-state index in [0.717, 1.165) is 29.9 Å². The molecule has 0 saturated carbocycles. The standard InChI is InChI=1S/C11H13BrO2/c1-8-6-9(2-3-11(8)12)14-10-4-5-13-7-10/h2-3,6,10H,4-5,7H2,1H3/t10-/m1/s1. The van der Waals surface area contributed by atoms with Gasteiger partial charge in [0, 0.05) is 10.9 Å². The van der Waals surface area contributed by atoms with Crippen molar-refractivity contribution in [1.29, 1.82) is 0 Å². The average Bonchev–Trinajstić information content (AvgIpc) is 2.64. The molecule has 76 valence electrons. The Balaban J connectivity index is 2.05.